The van der Waals surface area contributed by atoms with Crippen molar-refractivity contribution in [3.05, 3.63) is 53.6 Å². The summed E-state index contributed by atoms with van der Waals surface area (Å²) in [5.41, 5.74) is 0.986. The standard InChI is InChI=1S/C39H54N4O9S/c1-6-39(2,3)34(44)37(47)43-18-8-7-12-31(43)38(48)52-28(15-13-25-14-16-32(49-4)33(20-25)50-5)24-51-19-17-40-35(45)26-10-9-11-27(21-26)42-36(46)30-22-29(53)23-41-30/h9-11,14,16,20-21,28-31,41,53H,6-8,12-13,15,17-19,22-24H2,1-5H3,(H,40,45)(H,42,46)/t28-,29+,30+,31+/m1/s1. The molecular formula is C39H54N4O9S. The molecule has 0 radical (unpaired) electrons. The Hall–Kier alpha value is -4.14. The number of ether oxygens (including phenoxy) is 4. The van der Waals surface area contributed by atoms with Crippen LogP contribution in [-0.2, 0) is 35.1 Å². The van der Waals surface area contributed by atoms with Crippen molar-refractivity contribution in [1.29, 1.82) is 0 Å². The minimum absolute atomic E-state index is 0.0429. The largest absolute Gasteiger partial charge is 0.493 e. The molecule has 2 heterocycles. The van der Waals surface area contributed by atoms with E-state index < -0.39 is 35.2 Å². The lowest BCUT2D eigenvalue weighted by molar-refractivity contribution is -0.166. The summed E-state index contributed by atoms with van der Waals surface area (Å²) in [4.78, 5) is 67.0. The van der Waals surface area contributed by atoms with Gasteiger partial charge in [-0.3, -0.25) is 19.2 Å². The highest BCUT2D eigenvalue weighted by Crippen LogP contribution is 2.29. The van der Waals surface area contributed by atoms with Crippen LogP contribution < -0.4 is 25.4 Å². The van der Waals surface area contributed by atoms with Crippen molar-refractivity contribution in [1.82, 2.24) is 15.5 Å². The van der Waals surface area contributed by atoms with E-state index in [1.165, 1.54) is 4.90 Å². The zero-order valence-corrected chi connectivity index (χ0v) is 32.3. The Morgan fingerprint density at radius 2 is 1.81 bits per heavy atom. The molecule has 0 saturated carbocycles. The van der Waals surface area contributed by atoms with E-state index in [2.05, 4.69) is 28.6 Å². The van der Waals surface area contributed by atoms with Gasteiger partial charge in [0.15, 0.2) is 11.5 Å². The van der Waals surface area contributed by atoms with Gasteiger partial charge in [0, 0.05) is 41.6 Å². The molecule has 4 rings (SSSR count). The van der Waals surface area contributed by atoms with Gasteiger partial charge in [-0.25, -0.2) is 4.79 Å². The molecule has 0 bridgehead atoms. The molecule has 0 aliphatic carbocycles. The quantitative estimate of drug-likeness (QED) is 0.0759. The first-order valence-corrected chi connectivity index (χ1v) is 18.8. The molecule has 0 spiro atoms. The average Bonchev–Trinajstić information content (AvgIpc) is 3.62. The second-order valence-electron chi connectivity index (χ2n) is 14.1. The lowest BCUT2D eigenvalue weighted by Crippen LogP contribution is -2.53. The summed E-state index contributed by atoms with van der Waals surface area (Å²) >= 11 is 4.42. The lowest BCUT2D eigenvalue weighted by Gasteiger charge is -2.36. The molecule has 4 atom stereocenters. The SMILES string of the molecule is CCC(C)(C)C(=O)C(=O)N1CCCC[C@H]1C(=O)O[C@H](CCc1ccc(OC)c(OC)c1)COCCNC(=O)c1cccc(NC(=O)[C@@H]2C[C@H](S)CN2)c1. The minimum Gasteiger partial charge on any atom is -0.493 e. The number of hydrogen-bond donors (Lipinski definition) is 4. The summed E-state index contributed by atoms with van der Waals surface area (Å²) in [7, 11) is 3.12. The number of ketones is 1. The van der Waals surface area contributed by atoms with Crippen molar-refractivity contribution in [3.8, 4) is 11.5 Å². The van der Waals surface area contributed by atoms with Gasteiger partial charge in [-0.15, -0.1) is 0 Å². The number of anilines is 1. The lowest BCUT2D eigenvalue weighted by atomic mass is 9.84. The number of nitrogens with zero attached hydrogens (tertiary/aromatic N) is 1. The molecule has 2 aliphatic rings. The van der Waals surface area contributed by atoms with Gasteiger partial charge in [0.25, 0.3) is 11.8 Å². The molecule has 53 heavy (non-hydrogen) atoms. The second kappa shape index (κ2) is 19.8. The molecule has 13 nitrogen and oxygen atoms in total. The number of amides is 3. The number of methoxy groups -OCH3 is 2. The zero-order chi connectivity index (χ0) is 38.5. The number of piperidine rings is 1. The maximum atomic E-state index is 13.7. The second-order valence-corrected chi connectivity index (χ2v) is 14.8. The molecular weight excluding hydrogens is 701 g/mol. The van der Waals surface area contributed by atoms with Gasteiger partial charge in [-0.2, -0.15) is 12.6 Å². The van der Waals surface area contributed by atoms with Gasteiger partial charge >= 0.3 is 5.97 Å². The smallest absolute Gasteiger partial charge is 0.329 e. The van der Waals surface area contributed by atoms with Crippen LogP contribution in [0.4, 0.5) is 5.69 Å². The molecule has 14 heteroatoms. The first-order valence-electron chi connectivity index (χ1n) is 18.3. The van der Waals surface area contributed by atoms with E-state index in [9.17, 15) is 24.0 Å². The van der Waals surface area contributed by atoms with Crippen LogP contribution in [-0.4, -0.2) is 105 Å². The Labute approximate surface area is 317 Å². The van der Waals surface area contributed by atoms with Crippen LogP contribution >= 0.6 is 12.6 Å². The number of likely N-dealkylation sites (tertiary alicyclic amines) is 1. The summed E-state index contributed by atoms with van der Waals surface area (Å²) in [6.45, 7) is 6.65. The number of hydrogen-bond acceptors (Lipinski definition) is 11. The predicted molar refractivity (Wildman–Crippen MR) is 204 cm³/mol. The van der Waals surface area contributed by atoms with E-state index >= 15 is 0 Å². The van der Waals surface area contributed by atoms with Crippen molar-refractivity contribution in [2.45, 2.75) is 89.2 Å². The van der Waals surface area contributed by atoms with E-state index in [4.69, 9.17) is 18.9 Å². The number of esters is 1. The number of benzene rings is 2. The third-order valence-electron chi connectivity index (χ3n) is 9.87. The van der Waals surface area contributed by atoms with Crippen LogP contribution in [0.3, 0.4) is 0 Å². The summed E-state index contributed by atoms with van der Waals surface area (Å²) in [6, 6.07) is 11.1. The van der Waals surface area contributed by atoms with Gasteiger partial charge in [0.1, 0.15) is 12.1 Å². The number of nitrogens with one attached hydrogen (secondary N) is 3. The van der Waals surface area contributed by atoms with Crippen molar-refractivity contribution < 1.29 is 42.9 Å². The van der Waals surface area contributed by atoms with Gasteiger partial charge in [0.05, 0.1) is 33.5 Å². The van der Waals surface area contributed by atoms with Crippen LogP contribution in [0.5, 0.6) is 11.5 Å². The molecule has 3 amide bonds. The third kappa shape index (κ3) is 11.7. The number of carbonyl (C=O) groups is 5. The monoisotopic (exact) mass is 754 g/mol. The van der Waals surface area contributed by atoms with Crippen molar-refractivity contribution in [2.75, 3.05) is 52.4 Å². The first-order chi connectivity index (χ1) is 25.4. The van der Waals surface area contributed by atoms with E-state index in [0.717, 1.165) is 12.0 Å². The fourth-order valence-electron chi connectivity index (χ4n) is 6.22. The fourth-order valence-corrected chi connectivity index (χ4v) is 6.54. The van der Waals surface area contributed by atoms with Gasteiger partial charge < -0.3 is 39.8 Å². The highest BCUT2D eigenvalue weighted by atomic mass is 32.1. The van der Waals surface area contributed by atoms with Crippen LogP contribution in [0.15, 0.2) is 42.5 Å². The maximum absolute atomic E-state index is 13.7. The summed E-state index contributed by atoms with van der Waals surface area (Å²) in [5.74, 6) is -1.08. The van der Waals surface area contributed by atoms with E-state index in [-0.39, 0.29) is 42.9 Å². The van der Waals surface area contributed by atoms with Crippen LogP contribution in [0.1, 0.15) is 75.2 Å². The number of carbonyl (C=O) groups excluding carboxylic acids is 5. The third-order valence-corrected chi connectivity index (χ3v) is 10.3. The maximum Gasteiger partial charge on any atom is 0.329 e. The van der Waals surface area contributed by atoms with Gasteiger partial charge in [-0.1, -0.05) is 32.9 Å². The molecule has 2 aromatic carbocycles. The predicted octanol–water partition coefficient (Wildman–Crippen LogP) is 3.98. The summed E-state index contributed by atoms with van der Waals surface area (Å²) in [6.07, 6.45) is 3.19. The molecule has 2 aromatic rings. The topological polar surface area (TPSA) is 162 Å². The number of thiol groups is 1. The van der Waals surface area contributed by atoms with E-state index in [0.29, 0.717) is 74.4 Å². The normalized spacial score (nSPS) is 19.2. The van der Waals surface area contributed by atoms with Crippen molar-refractivity contribution in [3.63, 3.8) is 0 Å². The Bertz CT molecular complexity index is 1600. The van der Waals surface area contributed by atoms with Gasteiger partial charge in [0.2, 0.25) is 11.7 Å². The van der Waals surface area contributed by atoms with Crippen LogP contribution in [0, 0.1) is 5.41 Å². The molecule has 0 aromatic heterocycles. The Kier molecular flexibility index (Phi) is 15.5. The first kappa shape index (κ1) is 41.6. The Balaban J connectivity index is 1.35. The van der Waals surface area contributed by atoms with Crippen molar-refractivity contribution in [2.24, 2.45) is 5.41 Å². The molecule has 2 fully saturated rings. The van der Waals surface area contributed by atoms with E-state index in [1.54, 1.807) is 52.3 Å². The highest BCUT2D eigenvalue weighted by molar-refractivity contribution is 7.81. The van der Waals surface area contributed by atoms with Crippen molar-refractivity contribution >= 4 is 47.8 Å². The summed E-state index contributed by atoms with van der Waals surface area (Å²) < 4.78 is 22.7. The molecule has 290 valence electrons. The molecule has 2 saturated heterocycles. The summed E-state index contributed by atoms with van der Waals surface area (Å²) in [5, 5.41) is 8.94. The Morgan fingerprint density at radius 1 is 1.04 bits per heavy atom. The van der Waals surface area contributed by atoms with Crippen LogP contribution in [0.2, 0.25) is 0 Å². The molecule has 2 aliphatic heterocycles. The number of Topliss-reactive ketones (excluding diaryl/α,β-unsaturated/α-hetero) is 1. The fraction of sp³-hybridized carbons (Fsp3) is 0.564. The van der Waals surface area contributed by atoms with Gasteiger partial charge in [-0.05, 0) is 80.8 Å². The number of rotatable bonds is 18. The zero-order valence-electron chi connectivity index (χ0n) is 31.4. The van der Waals surface area contributed by atoms with E-state index in [1.807, 2.05) is 25.1 Å². The highest BCUT2D eigenvalue weighted by Gasteiger charge is 2.41. The minimum atomic E-state index is -0.870. The number of aryl methyl sites for hydroxylation is 1. The molecule has 0 unspecified atom stereocenters. The average molecular weight is 755 g/mol. The van der Waals surface area contributed by atoms with Crippen LogP contribution in [0.25, 0.3) is 0 Å². The molecule has 3 N–H and O–H groups in total. The Morgan fingerprint density at radius 3 is 2.51 bits per heavy atom.